The van der Waals surface area contributed by atoms with E-state index >= 15 is 0 Å². The number of esters is 1. The molecule has 112 valence electrons. The van der Waals surface area contributed by atoms with Crippen molar-refractivity contribution < 1.29 is 19.4 Å². The number of rotatable bonds is 11. The van der Waals surface area contributed by atoms with Crippen LogP contribution in [0.25, 0.3) is 0 Å². The van der Waals surface area contributed by atoms with E-state index in [-0.39, 0.29) is 6.42 Å². The summed E-state index contributed by atoms with van der Waals surface area (Å²) in [7, 11) is 3.93. The average molecular weight is 274 g/mol. The van der Waals surface area contributed by atoms with Gasteiger partial charge in [-0.3, -0.25) is 9.59 Å². The van der Waals surface area contributed by atoms with Crippen LogP contribution < -0.4 is 5.32 Å². The zero-order valence-electron chi connectivity index (χ0n) is 12.1. The van der Waals surface area contributed by atoms with Crippen molar-refractivity contribution >= 4 is 11.9 Å². The Bertz CT molecular complexity index is 269. The van der Waals surface area contributed by atoms with Crippen molar-refractivity contribution in [1.82, 2.24) is 10.2 Å². The highest BCUT2D eigenvalue weighted by molar-refractivity contribution is 5.81. The summed E-state index contributed by atoms with van der Waals surface area (Å²) in [6.45, 7) is 3.84. The van der Waals surface area contributed by atoms with E-state index in [0.29, 0.717) is 13.2 Å². The molecule has 0 aliphatic rings. The Morgan fingerprint density at radius 1 is 1.32 bits per heavy atom. The molecule has 6 nitrogen and oxygen atoms in total. The van der Waals surface area contributed by atoms with Crippen molar-refractivity contribution in [3.05, 3.63) is 0 Å². The van der Waals surface area contributed by atoms with E-state index in [1.54, 1.807) is 0 Å². The van der Waals surface area contributed by atoms with Crippen LogP contribution in [-0.2, 0) is 14.3 Å². The number of hydrogen-bond donors (Lipinski definition) is 2. The van der Waals surface area contributed by atoms with E-state index in [1.807, 2.05) is 25.9 Å². The van der Waals surface area contributed by atoms with Crippen LogP contribution in [0, 0.1) is 0 Å². The summed E-state index contributed by atoms with van der Waals surface area (Å²) in [5, 5.41) is 11.7. The largest absolute Gasteiger partial charge is 0.481 e. The molecule has 0 unspecified atom stereocenters. The van der Waals surface area contributed by atoms with E-state index in [1.165, 1.54) is 0 Å². The number of carbonyl (C=O) groups excluding carboxylic acids is 1. The molecule has 2 N–H and O–H groups in total. The van der Waals surface area contributed by atoms with Gasteiger partial charge in [0.15, 0.2) is 0 Å². The maximum atomic E-state index is 11.7. The van der Waals surface area contributed by atoms with Gasteiger partial charge in [0.2, 0.25) is 0 Å². The Morgan fingerprint density at radius 3 is 2.53 bits per heavy atom. The van der Waals surface area contributed by atoms with Crippen molar-refractivity contribution in [1.29, 1.82) is 0 Å². The standard InChI is InChI=1S/C13H26N2O4/c1-4-5-9-19-13(18)11(10-12(16)17)14-7-6-8-15(2)3/h11,14H,4-10H2,1-3H3,(H,16,17)/t11-/m0/s1. The third kappa shape index (κ3) is 10.5. The van der Waals surface area contributed by atoms with E-state index in [2.05, 4.69) is 5.32 Å². The molecule has 0 saturated heterocycles. The summed E-state index contributed by atoms with van der Waals surface area (Å²) in [6, 6.07) is -0.753. The highest BCUT2D eigenvalue weighted by atomic mass is 16.5. The fraction of sp³-hybridized carbons (Fsp3) is 0.846. The van der Waals surface area contributed by atoms with Gasteiger partial charge in [0, 0.05) is 0 Å². The summed E-state index contributed by atoms with van der Waals surface area (Å²) in [4.78, 5) is 24.5. The van der Waals surface area contributed by atoms with Crippen LogP contribution in [0.1, 0.15) is 32.6 Å². The minimum absolute atomic E-state index is 0.243. The van der Waals surface area contributed by atoms with Gasteiger partial charge in [-0.2, -0.15) is 0 Å². The summed E-state index contributed by atoms with van der Waals surface area (Å²) >= 11 is 0. The molecule has 1 atom stereocenters. The van der Waals surface area contributed by atoms with Crippen LogP contribution in [0.4, 0.5) is 0 Å². The minimum atomic E-state index is -1.00. The second kappa shape index (κ2) is 10.8. The number of carbonyl (C=O) groups is 2. The van der Waals surface area contributed by atoms with Crippen LogP contribution in [0.15, 0.2) is 0 Å². The predicted octanol–water partition coefficient (Wildman–Crippen LogP) is 0.714. The minimum Gasteiger partial charge on any atom is -0.481 e. The fourth-order valence-electron chi connectivity index (χ4n) is 1.50. The van der Waals surface area contributed by atoms with Gasteiger partial charge in [-0.1, -0.05) is 13.3 Å². The smallest absolute Gasteiger partial charge is 0.323 e. The van der Waals surface area contributed by atoms with Crippen molar-refractivity contribution in [2.24, 2.45) is 0 Å². The van der Waals surface area contributed by atoms with Crippen molar-refractivity contribution in [2.75, 3.05) is 33.8 Å². The van der Waals surface area contributed by atoms with E-state index in [4.69, 9.17) is 9.84 Å². The molecule has 0 aromatic heterocycles. The first-order chi connectivity index (χ1) is 8.97. The van der Waals surface area contributed by atoms with Crippen molar-refractivity contribution in [3.8, 4) is 0 Å². The van der Waals surface area contributed by atoms with Gasteiger partial charge < -0.3 is 20.1 Å². The molecule has 0 aromatic carbocycles. The zero-order chi connectivity index (χ0) is 14.7. The lowest BCUT2D eigenvalue weighted by Gasteiger charge is -2.16. The molecule has 0 aromatic rings. The number of carboxylic acid groups (broad SMARTS) is 1. The molecule has 0 saturated carbocycles. The zero-order valence-corrected chi connectivity index (χ0v) is 12.1. The number of unbranched alkanes of at least 4 members (excludes halogenated alkanes) is 1. The molecule has 0 amide bonds. The Labute approximate surface area is 115 Å². The fourth-order valence-corrected chi connectivity index (χ4v) is 1.50. The number of ether oxygens (including phenoxy) is 1. The van der Waals surface area contributed by atoms with Gasteiger partial charge in [-0.25, -0.2) is 0 Å². The molecule has 0 aliphatic heterocycles. The maximum absolute atomic E-state index is 11.7. The third-order valence-corrected chi connectivity index (χ3v) is 2.58. The quantitative estimate of drug-likeness (QED) is 0.427. The molecule has 0 rings (SSSR count). The lowest BCUT2D eigenvalue weighted by Crippen LogP contribution is -2.41. The highest BCUT2D eigenvalue weighted by Crippen LogP contribution is 1.99. The number of nitrogens with one attached hydrogen (secondary N) is 1. The van der Waals surface area contributed by atoms with Gasteiger partial charge in [-0.15, -0.1) is 0 Å². The predicted molar refractivity (Wildman–Crippen MR) is 73.1 cm³/mol. The normalized spacial score (nSPS) is 12.4. The van der Waals surface area contributed by atoms with Gasteiger partial charge in [0.25, 0.3) is 0 Å². The first-order valence-corrected chi connectivity index (χ1v) is 6.74. The molecule has 0 spiro atoms. The van der Waals surface area contributed by atoms with Gasteiger partial charge in [0.05, 0.1) is 13.0 Å². The Balaban J connectivity index is 4.06. The monoisotopic (exact) mass is 274 g/mol. The lowest BCUT2D eigenvalue weighted by molar-refractivity contribution is -0.150. The molecule has 0 heterocycles. The lowest BCUT2D eigenvalue weighted by atomic mass is 10.2. The topological polar surface area (TPSA) is 78.9 Å². The Hall–Kier alpha value is -1.14. The van der Waals surface area contributed by atoms with Crippen molar-refractivity contribution in [2.45, 2.75) is 38.6 Å². The van der Waals surface area contributed by atoms with Crippen LogP contribution in [-0.4, -0.2) is 61.8 Å². The molecule has 19 heavy (non-hydrogen) atoms. The first kappa shape index (κ1) is 17.9. The molecular weight excluding hydrogens is 248 g/mol. The van der Waals surface area contributed by atoms with E-state index < -0.39 is 18.0 Å². The Kier molecular flexibility index (Phi) is 10.1. The number of aliphatic carboxylic acids is 1. The molecule has 0 aliphatic carbocycles. The van der Waals surface area contributed by atoms with E-state index in [0.717, 1.165) is 25.8 Å². The Morgan fingerprint density at radius 2 is 2.00 bits per heavy atom. The van der Waals surface area contributed by atoms with Crippen LogP contribution in [0.3, 0.4) is 0 Å². The number of hydrogen-bond acceptors (Lipinski definition) is 5. The van der Waals surface area contributed by atoms with Gasteiger partial charge in [0.1, 0.15) is 6.04 Å². The summed E-state index contributed by atoms with van der Waals surface area (Å²) in [5.41, 5.74) is 0. The summed E-state index contributed by atoms with van der Waals surface area (Å²) in [6.07, 6.45) is 2.34. The summed E-state index contributed by atoms with van der Waals surface area (Å²) < 4.78 is 5.05. The second-order valence-corrected chi connectivity index (χ2v) is 4.78. The van der Waals surface area contributed by atoms with Crippen LogP contribution in [0.5, 0.6) is 0 Å². The third-order valence-electron chi connectivity index (χ3n) is 2.58. The molecular formula is C13H26N2O4. The number of nitrogens with zero attached hydrogens (tertiary/aromatic N) is 1. The first-order valence-electron chi connectivity index (χ1n) is 6.74. The van der Waals surface area contributed by atoms with Crippen LogP contribution in [0.2, 0.25) is 0 Å². The van der Waals surface area contributed by atoms with Gasteiger partial charge >= 0.3 is 11.9 Å². The molecule has 0 bridgehead atoms. The maximum Gasteiger partial charge on any atom is 0.323 e. The highest BCUT2D eigenvalue weighted by Gasteiger charge is 2.22. The molecule has 0 fully saturated rings. The van der Waals surface area contributed by atoms with Crippen molar-refractivity contribution in [3.63, 3.8) is 0 Å². The van der Waals surface area contributed by atoms with E-state index in [9.17, 15) is 9.59 Å². The molecule has 0 radical (unpaired) electrons. The molecule has 6 heteroatoms. The number of carboxylic acids is 1. The second-order valence-electron chi connectivity index (χ2n) is 4.78. The summed E-state index contributed by atoms with van der Waals surface area (Å²) in [5.74, 6) is -1.47. The SMILES string of the molecule is CCCCOC(=O)[C@H](CC(=O)O)NCCCN(C)C. The average Bonchev–Trinajstić information content (AvgIpc) is 2.32. The van der Waals surface area contributed by atoms with Gasteiger partial charge in [-0.05, 0) is 40.0 Å². The van der Waals surface area contributed by atoms with Crippen LogP contribution >= 0.6 is 0 Å².